The van der Waals surface area contributed by atoms with Crippen molar-refractivity contribution in [2.45, 2.75) is 19.4 Å². The molecule has 154 valence electrons. The van der Waals surface area contributed by atoms with E-state index in [1.165, 1.54) is 11.2 Å². The van der Waals surface area contributed by atoms with Gasteiger partial charge >= 0.3 is 0 Å². The number of hydrogen-bond donors (Lipinski definition) is 0. The maximum absolute atomic E-state index is 12.9. The Balaban J connectivity index is 1.26. The molecule has 1 aromatic carbocycles. The minimum Gasteiger partial charge on any atom is -0.337 e. The van der Waals surface area contributed by atoms with Gasteiger partial charge in [0, 0.05) is 7.05 Å². The molecular weight excluding hydrogens is 382 g/mol. The van der Waals surface area contributed by atoms with E-state index in [0.29, 0.717) is 0 Å². The molecule has 5 rings (SSSR count). The summed E-state index contributed by atoms with van der Waals surface area (Å²) in [6, 6.07) is 7.50. The molecule has 0 radical (unpaired) electrons. The van der Waals surface area contributed by atoms with E-state index in [1.54, 1.807) is 23.0 Å². The number of imide groups is 1. The van der Waals surface area contributed by atoms with Gasteiger partial charge in [0.05, 0.1) is 23.6 Å². The highest BCUT2D eigenvalue weighted by Gasteiger charge is 2.59. The van der Waals surface area contributed by atoms with Gasteiger partial charge < -0.3 is 4.90 Å². The second-order valence-corrected chi connectivity index (χ2v) is 8.37. The fourth-order valence-corrected chi connectivity index (χ4v) is 5.05. The van der Waals surface area contributed by atoms with Gasteiger partial charge in [-0.1, -0.05) is 24.3 Å². The summed E-state index contributed by atoms with van der Waals surface area (Å²) < 4.78 is 1.66. The maximum atomic E-state index is 12.9. The molecule has 8 heteroatoms. The van der Waals surface area contributed by atoms with E-state index in [9.17, 15) is 14.4 Å². The zero-order chi connectivity index (χ0) is 21.0. The van der Waals surface area contributed by atoms with Gasteiger partial charge in [-0.15, -0.1) is 0 Å². The number of likely N-dealkylation sites (N-methyl/N-ethyl adjacent to an activating group) is 1. The van der Waals surface area contributed by atoms with E-state index in [-0.39, 0.29) is 54.0 Å². The zero-order valence-corrected chi connectivity index (χ0v) is 16.9. The summed E-state index contributed by atoms with van der Waals surface area (Å²) in [6.07, 6.45) is 8.09. The minimum atomic E-state index is -0.271. The lowest BCUT2D eigenvalue weighted by Gasteiger charge is -2.27. The van der Waals surface area contributed by atoms with Crippen LogP contribution in [0.5, 0.6) is 0 Å². The molecule has 2 bridgehead atoms. The Morgan fingerprint density at radius 3 is 2.33 bits per heavy atom. The predicted octanol–water partition coefficient (Wildman–Crippen LogP) is 1.59. The van der Waals surface area contributed by atoms with Crippen LogP contribution in [0.1, 0.15) is 24.9 Å². The number of benzene rings is 1. The van der Waals surface area contributed by atoms with Crippen molar-refractivity contribution >= 4 is 17.7 Å². The summed E-state index contributed by atoms with van der Waals surface area (Å²) in [7, 11) is 1.70. The second-order valence-electron chi connectivity index (χ2n) is 8.37. The number of likely N-dealkylation sites (tertiary alicyclic amines) is 1. The van der Waals surface area contributed by atoms with Gasteiger partial charge in [0.15, 0.2) is 0 Å². The predicted molar refractivity (Wildman–Crippen MR) is 107 cm³/mol. The molecule has 1 saturated heterocycles. The molecule has 1 aromatic heterocycles. The van der Waals surface area contributed by atoms with E-state index < -0.39 is 0 Å². The summed E-state index contributed by atoms with van der Waals surface area (Å²) in [6.45, 7) is 1.73. The number of allylic oxidation sites excluding steroid dienone is 2. The van der Waals surface area contributed by atoms with Crippen LogP contribution in [0.2, 0.25) is 0 Å². The third-order valence-electron chi connectivity index (χ3n) is 6.89. The summed E-state index contributed by atoms with van der Waals surface area (Å²) >= 11 is 0. The standard InChI is InChI=1S/C22H23N5O3/c1-13(14-5-7-17(8-6-14)27-12-23-11-24-27)25(2)18(28)10-26-21(29)19-15-3-4-16(9-15)20(19)22(26)30/h3-8,11-13,15-16,19-20H,9-10H2,1-2H3. The number of carbonyl (C=O) groups excluding carboxylic acids is 3. The van der Waals surface area contributed by atoms with E-state index in [1.807, 2.05) is 31.2 Å². The van der Waals surface area contributed by atoms with Crippen molar-refractivity contribution in [3.8, 4) is 5.69 Å². The molecule has 3 amide bonds. The van der Waals surface area contributed by atoms with Crippen LogP contribution in [0.15, 0.2) is 49.1 Å². The topological polar surface area (TPSA) is 88.4 Å². The van der Waals surface area contributed by atoms with Crippen molar-refractivity contribution in [2.75, 3.05) is 13.6 Å². The van der Waals surface area contributed by atoms with Gasteiger partial charge in [0.2, 0.25) is 17.7 Å². The monoisotopic (exact) mass is 405 g/mol. The molecule has 1 saturated carbocycles. The van der Waals surface area contributed by atoms with Crippen molar-refractivity contribution in [3.05, 3.63) is 54.6 Å². The molecule has 8 nitrogen and oxygen atoms in total. The third-order valence-corrected chi connectivity index (χ3v) is 6.89. The maximum Gasteiger partial charge on any atom is 0.242 e. The van der Waals surface area contributed by atoms with E-state index >= 15 is 0 Å². The normalized spacial score (nSPS) is 27.6. The van der Waals surface area contributed by atoms with Gasteiger partial charge in [0.1, 0.15) is 19.2 Å². The van der Waals surface area contributed by atoms with Crippen LogP contribution in [0, 0.1) is 23.7 Å². The molecular formula is C22H23N5O3. The molecule has 30 heavy (non-hydrogen) atoms. The molecule has 3 aliphatic rings. The van der Waals surface area contributed by atoms with Crippen LogP contribution in [0.3, 0.4) is 0 Å². The Bertz CT molecular complexity index is 1000. The summed E-state index contributed by atoms with van der Waals surface area (Å²) in [5, 5.41) is 4.10. The van der Waals surface area contributed by atoms with Gasteiger partial charge in [0.25, 0.3) is 0 Å². The Kier molecular flexibility index (Phi) is 4.30. The number of rotatable bonds is 5. The van der Waals surface area contributed by atoms with Gasteiger partial charge in [-0.05, 0) is 42.9 Å². The number of carbonyl (C=O) groups is 3. The van der Waals surface area contributed by atoms with Gasteiger partial charge in [-0.2, -0.15) is 5.10 Å². The lowest BCUT2D eigenvalue weighted by atomic mass is 9.85. The first kappa shape index (κ1) is 18.7. The van der Waals surface area contributed by atoms with Gasteiger partial charge in [-0.3, -0.25) is 19.3 Å². The lowest BCUT2D eigenvalue weighted by Crippen LogP contribution is -2.43. The highest BCUT2D eigenvalue weighted by atomic mass is 16.2. The minimum absolute atomic E-state index is 0.150. The first-order valence-corrected chi connectivity index (χ1v) is 10.2. The average molecular weight is 405 g/mol. The van der Waals surface area contributed by atoms with Gasteiger partial charge in [-0.25, -0.2) is 9.67 Å². The largest absolute Gasteiger partial charge is 0.337 e. The molecule has 2 fully saturated rings. The van der Waals surface area contributed by atoms with Crippen molar-refractivity contribution in [3.63, 3.8) is 0 Å². The number of fused-ring (bicyclic) bond motifs is 5. The van der Waals surface area contributed by atoms with Crippen LogP contribution < -0.4 is 0 Å². The van der Waals surface area contributed by atoms with Crippen LogP contribution in [-0.4, -0.2) is 55.9 Å². The summed E-state index contributed by atoms with van der Waals surface area (Å²) in [4.78, 5) is 45.3. The summed E-state index contributed by atoms with van der Waals surface area (Å²) in [5.41, 5.74) is 1.83. The van der Waals surface area contributed by atoms with Crippen LogP contribution in [0.4, 0.5) is 0 Å². The van der Waals surface area contributed by atoms with Crippen LogP contribution in [-0.2, 0) is 14.4 Å². The van der Waals surface area contributed by atoms with Crippen molar-refractivity contribution in [1.29, 1.82) is 0 Å². The average Bonchev–Trinajstić information content (AvgIpc) is 3.55. The first-order chi connectivity index (χ1) is 14.5. The molecule has 5 unspecified atom stereocenters. The molecule has 1 aliphatic heterocycles. The first-order valence-electron chi connectivity index (χ1n) is 10.2. The zero-order valence-electron chi connectivity index (χ0n) is 16.9. The van der Waals surface area contributed by atoms with Crippen molar-refractivity contribution < 1.29 is 14.4 Å². The Morgan fingerprint density at radius 2 is 1.77 bits per heavy atom. The Morgan fingerprint density at radius 1 is 1.13 bits per heavy atom. The molecule has 2 aromatic rings. The number of aromatic nitrogens is 3. The van der Waals surface area contributed by atoms with E-state index in [4.69, 9.17) is 0 Å². The van der Waals surface area contributed by atoms with Crippen molar-refractivity contribution in [1.82, 2.24) is 24.6 Å². The smallest absolute Gasteiger partial charge is 0.242 e. The number of hydrogen-bond acceptors (Lipinski definition) is 5. The summed E-state index contributed by atoms with van der Waals surface area (Å²) in [5.74, 6) is -0.861. The Hall–Kier alpha value is -3.29. The fraction of sp³-hybridized carbons (Fsp3) is 0.409. The SMILES string of the molecule is CC(c1ccc(-n2cncn2)cc1)N(C)C(=O)CN1C(=O)C2C3C=CC(C3)C2C1=O. The van der Waals surface area contributed by atoms with Crippen LogP contribution >= 0.6 is 0 Å². The van der Waals surface area contributed by atoms with E-state index in [2.05, 4.69) is 22.2 Å². The van der Waals surface area contributed by atoms with Crippen molar-refractivity contribution in [2.24, 2.45) is 23.7 Å². The number of amides is 3. The highest BCUT2D eigenvalue weighted by molar-refractivity contribution is 6.08. The lowest BCUT2D eigenvalue weighted by molar-refractivity contribution is -0.147. The quantitative estimate of drug-likeness (QED) is 0.557. The third kappa shape index (κ3) is 2.78. The van der Waals surface area contributed by atoms with E-state index in [0.717, 1.165) is 17.7 Å². The molecule has 2 aliphatic carbocycles. The van der Waals surface area contributed by atoms with Crippen LogP contribution in [0.25, 0.3) is 5.69 Å². The molecule has 2 heterocycles. The fourth-order valence-electron chi connectivity index (χ4n) is 5.05. The molecule has 0 spiro atoms. The highest BCUT2D eigenvalue weighted by Crippen LogP contribution is 2.52. The molecule has 5 atom stereocenters. The molecule has 0 N–H and O–H groups in total. The second kappa shape index (κ2) is 6.90. The number of nitrogens with zero attached hydrogens (tertiary/aromatic N) is 5. The Labute approximate surface area is 174 Å².